The summed E-state index contributed by atoms with van der Waals surface area (Å²) in [5.74, 6) is 0.785. The lowest BCUT2D eigenvalue weighted by Gasteiger charge is -2.14. The SMILES string of the molecule is Cc1c(Cl)cccc1NC(=O)C(C)SCc1cccc(Br)c1. The molecule has 0 fully saturated rings. The highest BCUT2D eigenvalue weighted by atomic mass is 79.9. The molecule has 2 rings (SSSR count). The molecule has 0 spiro atoms. The molecule has 0 aliphatic heterocycles. The molecule has 22 heavy (non-hydrogen) atoms. The number of hydrogen-bond acceptors (Lipinski definition) is 2. The summed E-state index contributed by atoms with van der Waals surface area (Å²) >= 11 is 11.1. The molecular formula is C17H17BrClNOS. The second kappa shape index (κ2) is 8.04. The maximum atomic E-state index is 12.3. The molecule has 0 radical (unpaired) electrons. The molecule has 0 saturated heterocycles. The molecular weight excluding hydrogens is 382 g/mol. The van der Waals surface area contributed by atoms with Gasteiger partial charge in [0.1, 0.15) is 0 Å². The van der Waals surface area contributed by atoms with Gasteiger partial charge in [0, 0.05) is 20.9 Å². The van der Waals surface area contributed by atoms with Crippen LogP contribution in [0.2, 0.25) is 5.02 Å². The molecule has 0 heterocycles. The Bertz CT molecular complexity index is 677. The number of rotatable bonds is 5. The Kier molecular flexibility index (Phi) is 6.36. The zero-order valence-corrected chi connectivity index (χ0v) is 15.6. The minimum atomic E-state index is -0.141. The molecule has 0 aliphatic rings. The number of carbonyl (C=O) groups is 1. The van der Waals surface area contributed by atoms with Gasteiger partial charge in [-0.2, -0.15) is 0 Å². The molecule has 5 heteroatoms. The van der Waals surface area contributed by atoms with Crippen LogP contribution >= 0.6 is 39.3 Å². The standard InChI is InChI=1S/C17H17BrClNOS/c1-11-15(19)7-4-8-16(11)20-17(21)12(2)22-10-13-5-3-6-14(18)9-13/h3-9,12H,10H2,1-2H3,(H,20,21). The van der Waals surface area contributed by atoms with E-state index in [1.54, 1.807) is 11.8 Å². The largest absolute Gasteiger partial charge is 0.325 e. The Balaban J connectivity index is 1.93. The summed E-state index contributed by atoms with van der Waals surface area (Å²) < 4.78 is 1.05. The van der Waals surface area contributed by atoms with Gasteiger partial charge in [0.2, 0.25) is 5.91 Å². The van der Waals surface area contributed by atoms with Gasteiger partial charge in [-0.15, -0.1) is 11.8 Å². The molecule has 0 aromatic heterocycles. The lowest BCUT2D eigenvalue weighted by atomic mass is 10.2. The fraction of sp³-hybridized carbons (Fsp3) is 0.235. The number of anilines is 1. The van der Waals surface area contributed by atoms with Crippen LogP contribution in [0, 0.1) is 6.92 Å². The Labute approximate surface area is 148 Å². The average molecular weight is 399 g/mol. The van der Waals surface area contributed by atoms with Crippen LogP contribution < -0.4 is 5.32 Å². The molecule has 1 amide bonds. The van der Waals surface area contributed by atoms with E-state index in [-0.39, 0.29) is 11.2 Å². The van der Waals surface area contributed by atoms with Gasteiger partial charge in [-0.3, -0.25) is 4.79 Å². The van der Waals surface area contributed by atoms with E-state index in [2.05, 4.69) is 33.4 Å². The first kappa shape index (κ1) is 17.4. The molecule has 1 unspecified atom stereocenters. The number of halogens is 2. The van der Waals surface area contributed by atoms with E-state index in [1.807, 2.05) is 44.2 Å². The summed E-state index contributed by atoms with van der Waals surface area (Å²) in [7, 11) is 0. The first-order chi connectivity index (χ1) is 10.5. The monoisotopic (exact) mass is 397 g/mol. The maximum Gasteiger partial charge on any atom is 0.237 e. The van der Waals surface area contributed by atoms with Gasteiger partial charge < -0.3 is 5.32 Å². The van der Waals surface area contributed by atoms with Gasteiger partial charge >= 0.3 is 0 Å². The normalized spacial score (nSPS) is 12.0. The minimum absolute atomic E-state index is 0.00892. The van der Waals surface area contributed by atoms with Crippen molar-refractivity contribution in [3.8, 4) is 0 Å². The van der Waals surface area contributed by atoms with Gasteiger partial charge in [0.25, 0.3) is 0 Å². The Morgan fingerprint density at radius 1 is 1.32 bits per heavy atom. The van der Waals surface area contributed by atoms with Crippen molar-refractivity contribution in [1.82, 2.24) is 0 Å². The first-order valence-electron chi connectivity index (χ1n) is 6.89. The van der Waals surface area contributed by atoms with Crippen molar-refractivity contribution in [3.63, 3.8) is 0 Å². The molecule has 2 nitrogen and oxygen atoms in total. The van der Waals surface area contributed by atoms with E-state index >= 15 is 0 Å². The summed E-state index contributed by atoms with van der Waals surface area (Å²) in [4.78, 5) is 12.3. The predicted molar refractivity (Wildman–Crippen MR) is 99.7 cm³/mol. The highest BCUT2D eigenvalue weighted by Crippen LogP contribution is 2.25. The van der Waals surface area contributed by atoms with Gasteiger partial charge in [-0.05, 0) is 49.2 Å². The zero-order valence-electron chi connectivity index (χ0n) is 12.4. The van der Waals surface area contributed by atoms with Crippen molar-refractivity contribution in [1.29, 1.82) is 0 Å². The van der Waals surface area contributed by atoms with Crippen molar-refractivity contribution < 1.29 is 4.79 Å². The summed E-state index contributed by atoms with van der Waals surface area (Å²) in [6.07, 6.45) is 0. The van der Waals surface area contributed by atoms with Gasteiger partial charge in [0.15, 0.2) is 0 Å². The van der Waals surface area contributed by atoms with Crippen molar-refractivity contribution in [2.75, 3.05) is 5.32 Å². The van der Waals surface area contributed by atoms with Crippen LogP contribution in [-0.2, 0) is 10.5 Å². The van der Waals surface area contributed by atoms with Crippen LogP contribution in [0.3, 0.4) is 0 Å². The fourth-order valence-corrected chi connectivity index (χ4v) is 3.35. The van der Waals surface area contributed by atoms with Crippen LogP contribution in [0.1, 0.15) is 18.1 Å². The van der Waals surface area contributed by atoms with E-state index in [4.69, 9.17) is 11.6 Å². The van der Waals surface area contributed by atoms with Gasteiger partial charge in [0.05, 0.1) is 5.25 Å². The maximum absolute atomic E-state index is 12.3. The molecule has 0 saturated carbocycles. The number of thioether (sulfide) groups is 1. The Hall–Kier alpha value is -0.970. The number of hydrogen-bond donors (Lipinski definition) is 1. The summed E-state index contributed by atoms with van der Waals surface area (Å²) in [5.41, 5.74) is 2.85. The lowest BCUT2D eigenvalue weighted by Crippen LogP contribution is -2.23. The summed E-state index contributed by atoms with van der Waals surface area (Å²) in [5, 5.41) is 3.46. The fourth-order valence-electron chi connectivity index (χ4n) is 1.90. The Morgan fingerprint density at radius 2 is 2.05 bits per heavy atom. The predicted octanol–water partition coefficient (Wildman–Crippen LogP) is 5.67. The average Bonchev–Trinajstić information content (AvgIpc) is 2.49. The smallest absolute Gasteiger partial charge is 0.237 e. The molecule has 0 aliphatic carbocycles. The molecule has 0 bridgehead atoms. The van der Waals surface area contributed by atoms with E-state index in [0.29, 0.717) is 5.02 Å². The second-order valence-corrected chi connectivity index (χ2v) is 7.64. The second-order valence-electron chi connectivity index (χ2n) is 4.98. The summed E-state index contributed by atoms with van der Waals surface area (Å²) in [6, 6.07) is 13.6. The quantitative estimate of drug-likeness (QED) is 0.703. The highest BCUT2D eigenvalue weighted by Gasteiger charge is 2.15. The number of amides is 1. The van der Waals surface area contributed by atoms with Crippen molar-refractivity contribution in [2.24, 2.45) is 0 Å². The summed E-state index contributed by atoms with van der Waals surface area (Å²) in [6.45, 7) is 3.81. The lowest BCUT2D eigenvalue weighted by molar-refractivity contribution is -0.115. The molecule has 1 N–H and O–H groups in total. The van der Waals surface area contributed by atoms with Crippen LogP contribution in [0.4, 0.5) is 5.69 Å². The molecule has 116 valence electrons. The third kappa shape index (κ3) is 4.77. The third-order valence-corrected chi connectivity index (χ3v) is 5.40. The van der Waals surface area contributed by atoms with Crippen LogP contribution in [0.5, 0.6) is 0 Å². The zero-order chi connectivity index (χ0) is 16.1. The van der Waals surface area contributed by atoms with E-state index < -0.39 is 0 Å². The van der Waals surface area contributed by atoms with Crippen LogP contribution in [0.25, 0.3) is 0 Å². The number of nitrogens with one attached hydrogen (secondary N) is 1. The molecule has 2 aromatic rings. The van der Waals surface area contributed by atoms with Gasteiger partial charge in [-0.25, -0.2) is 0 Å². The van der Waals surface area contributed by atoms with E-state index in [1.165, 1.54) is 5.56 Å². The first-order valence-corrected chi connectivity index (χ1v) is 9.11. The number of carbonyl (C=O) groups excluding carboxylic acids is 1. The topological polar surface area (TPSA) is 29.1 Å². The molecule has 2 aromatic carbocycles. The van der Waals surface area contributed by atoms with Gasteiger partial charge in [-0.1, -0.05) is 45.7 Å². The van der Waals surface area contributed by atoms with Crippen molar-refractivity contribution in [3.05, 3.63) is 63.1 Å². The van der Waals surface area contributed by atoms with Crippen molar-refractivity contribution in [2.45, 2.75) is 24.9 Å². The Morgan fingerprint density at radius 3 is 2.77 bits per heavy atom. The minimum Gasteiger partial charge on any atom is -0.325 e. The van der Waals surface area contributed by atoms with Crippen LogP contribution in [0.15, 0.2) is 46.9 Å². The molecule has 1 atom stereocenters. The number of benzene rings is 2. The highest BCUT2D eigenvalue weighted by molar-refractivity contribution is 9.10. The van der Waals surface area contributed by atoms with Crippen molar-refractivity contribution >= 4 is 50.9 Å². The van der Waals surface area contributed by atoms with E-state index in [0.717, 1.165) is 21.5 Å². The third-order valence-electron chi connectivity index (χ3n) is 3.28. The van der Waals surface area contributed by atoms with Crippen LogP contribution in [-0.4, -0.2) is 11.2 Å². The van der Waals surface area contributed by atoms with E-state index in [9.17, 15) is 4.79 Å².